The van der Waals surface area contributed by atoms with Gasteiger partial charge in [0.05, 0.1) is 15.6 Å². The maximum atomic E-state index is 11.8. The number of carbonyl (C=O) groups is 1. The molecule has 0 aromatic heterocycles. The highest BCUT2D eigenvalue weighted by Gasteiger charge is 2.21. The van der Waals surface area contributed by atoms with Gasteiger partial charge in [-0.05, 0) is 91.1 Å². The first-order valence-electron chi connectivity index (χ1n) is 8.26. The van der Waals surface area contributed by atoms with Crippen LogP contribution in [0.1, 0.15) is 47.1 Å². The van der Waals surface area contributed by atoms with E-state index < -0.39 is 11.7 Å². The molecular weight excluding hydrogens is 452 g/mol. The van der Waals surface area contributed by atoms with Gasteiger partial charge in [0, 0.05) is 18.6 Å². The van der Waals surface area contributed by atoms with Crippen LogP contribution in [-0.4, -0.2) is 30.4 Å². The monoisotopic (exact) mass is 478 g/mol. The molecule has 0 radical (unpaired) electrons. The molecule has 5 nitrogen and oxygen atoms in total. The van der Waals surface area contributed by atoms with Gasteiger partial charge in [-0.25, -0.2) is 4.79 Å². The van der Waals surface area contributed by atoms with Crippen LogP contribution in [-0.2, 0) is 11.3 Å². The second-order valence-electron chi connectivity index (χ2n) is 7.41. The molecule has 0 saturated heterocycles. The lowest BCUT2D eigenvalue weighted by atomic mass is 10.1. The van der Waals surface area contributed by atoms with Crippen molar-refractivity contribution >= 4 is 38.0 Å². The Labute approximate surface area is 167 Å². The molecule has 1 aromatic rings. The minimum Gasteiger partial charge on any atom is -0.492 e. The summed E-state index contributed by atoms with van der Waals surface area (Å²) in [5, 5.41) is 6.25. The van der Waals surface area contributed by atoms with E-state index in [-0.39, 0.29) is 5.54 Å². The van der Waals surface area contributed by atoms with Crippen molar-refractivity contribution in [2.75, 3.05) is 13.2 Å². The van der Waals surface area contributed by atoms with Crippen LogP contribution >= 0.6 is 31.9 Å². The molecule has 2 N–H and O–H groups in total. The van der Waals surface area contributed by atoms with Gasteiger partial charge < -0.3 is 20.1 Å². The topological polar surface area (TPSA) is 59.6 Å². The fraction of sp³-hybridized carbons (Fsp3) is 0.611. The fourth-order valence-electron chi connectivity index (χ4n) is 2.01. The SMILES string of the molecule is CCOc1c(Br)cc(CNC(C)(C)CNC(=O)OC(C)(C)C)cc1Br. The third kappa shape index (κ3) is 8.42. The molecule has 1 rings (SSSR count). The molecule has 0 saturated carbocycles. The number of carbonyl (C=O) groups excluding carboxylic acids is 1. The van der Waals surface area contributed by atoms with E-state index in [0.717, 1.165) is 20.3 Å². The summed E-state index contributed by atoms with van der Waals surface area (Å²) >= 11 is 7.08. The van der Waals surface area contributed by atoms with Gasteiger partial charge in [0.15, 0.2) is 0 Å². The number of alkyl carbamates (subject to hydrolysis) is 1. The van der Waals surface area contributed by atoms with Gasteiger partial charge >= 0.3 is 6.09 Å². The molecule has 0 atom stereocenters. The van der Waals surface area contributed by atoms with Crippen molar-refractivity contribution in [1.29, 1.82) is 0 Å². The summed E-state index contributed by atoms with van der Waals surface area (Å²) in [6.07, 6.45) is -0.408. The van der Waals surface area contributed by atoms with E-state index in [1.807, 2.05) is 53.7 Å². The van der Waals surface area contributed by atoms with Gasteiger partial charge in [-0.2, -0.15) is 0 Å². The zero-order chi connectivity index (χ0) is 19.3. The maximum Gasteiger partial charge on any atom is 0.407 e. The van der Waals surface area contributed by atoms with Crippen molar-refractivity contribution in [2.45, 2.75) is 59.2 Å². The minimum atomic E-state index is -0.498. The average Bonchev–Trinajstić information content (AvgIpc) is 2.45. The van der Waals surface area contributed by atoms with Gasteiger partial charge in [0.1, 0.15) is 11.4 Å². The van der Waals surface area contributed by atoms with E-state index in [4.69, 9.17) is 9.47 Å². The number of amides is 1. The Morgan fingerprint density at radius 1 is 1.12 bits per heavy atom. The van der Waals surface area contributed by atoms with Crippen LogP contribution in [0.2, 0.25) is 0 Å². The lowest BCUT2D eigenvalue weighted by Gasteiger charge is -2.28. The Balaban J connectivity index is 2.60. The van der Waals surface area contributed by atoms with Crippen molar-refractivity contribution in [3.8, 4) is 5.75 Å². The maximum absolute atomic E-state index is 11.8. The van der Waals surface area contributed by atoms with Crippen LogP contribution in [0.3, 0.4) is 0 Å². The molecule has 1 aromatic carbocycles. The molecule has 0 fully saturated rings. The van der Waals surface area contributed by atoms with Crippen LogP contribution in [0.5, 0.6) is 5.75 Å². The van der Waals surface area contributed by atoms with Crippen LogP contribution in [0.25, 0.3) is 0 Å². The van der Waals surface area contributed by atoms with Crippen LogP contribution in [0, 0.1) is 0 Å². The number of rotatable bonds is 7. The Hall–Kier alpha value is -0.790. The predicted molar refractivity (Wildman–Crippen MR) is 108 cm³/mol. The van der Waals surface area contributed by atoms with Crippen LogP contribution < -0.4 is 15.4 Å². The van der Waals surface area contributed by atoms with Crippen molar-refractivity contribution < 1.29 is 14.3 Å². The van der Waals surface area contributed by atoms with Gasteiger partial charge in [0.25, 0.3) is 0 Å². The number of ether oxygens (including phenoxy) is 2. The van der Waals surface area contributed by atoms with Gasteiger partial charge in [-0.1, -0.05) is 0 Å². The molecule has 0 aliphatic carbocycles. The first-order valence-corrected chi connectivity index (χ1v) is 9.85. The first kappa shape index (κ1) is 22.3. The molecule has 25 heavy (non-hydrogen) atoms. The third-order valence-corrected chi connectivity index (χ3v) is 4.37. The fourth-order valence-corrected chi connectivity index (χ4v) is 3.52. The summed E-state index contributed by atoms with van der Waals surface area (Å²) in [7, 11) is 0. The Morgan fingerprint density at radius 3 is 2.16 bits per heavy atom. The smallest absolute Gasteiger partial charge is 0.407 e. The number of benzene rings is 1. The average molecular weight is 480 g/mol. The van der Waals surface area contributed by atoms with Gasteiger partial charge in [0.2, 0.25) is 0 Å². The Morgan fingerprint density at radius 2 is 1.68 bits per heavy atom. The third-order valence-electron chi connectivity index (χ3n) is 3.19. The number of halogens is 2. The van der Waals surface area contributed by atoms with Gasteiger partial charge in [-0.3, -0.25) is 0 Å². The van der Waals surface area contributed by atoms with Crippen LogP contribution in [0.15, 0.2) is 21.1 Å². The van der Waals surface area contributed by atoms with Crippen molar-refractivity contribution in [2.24, 2.45) is 0 Å². The number of hydrogen-bond donors (Lipinski definition) is 2. The van der Waals surface area contributed by atoms with Crippen molar-refractivity contribution in [3.63, 3.8) is 0 Å². The zero-order valence-electron chi connectivity index (χ0n) is 15.8. The highest BCUT2D eigenvalue weighted by atomic mass is 79.9. The van der Waals surface area contributed by atoms with E-state index in [0.29, 0.717) is 19.7 Å². The highest BCUT2D eigenvalue weighted by Crippen LogP contribution is 2.34. The van der Waals surface area contributed by atoms with Crippen LogP contribution in [0.4, 0.5) is 4.79 Å². The molecule has 0 unspecified atom stereocenters. The lowest BCUT2D eigenvalue weighted by Crippen LogP contribution is -2.49. The molecule has 0 bridgehead atoms. The van der Waals surface area contributed by atoms with E-state index in [1.54, 1.807) is 0 Å². The quantitative estimate of drug-likeness (QED) is 0.577. The standard InChI is InChI=1S/C18H28Br2N2O3/c1-7-24-15-13(19)8-12(9-14(15)20)10-22-18(5,6)11-21-16(23)25-17(2,3)4/h8-9,22H,7,10-11H2,1-6H3,(H,21,23). The zero-order valence-corrected chi connectivity index (χ0v) is 18.9. The summed E-state index contributed by atoms with van der Waals surface area (Å²) in [6, 6.07) is 4.06. The summed E-state index contributed by atoms with van der Waals surface area (Å²) in [5.74, 6) is 0.803. The normalized spacial score (nSPS) is 12.0. The predicted octanol–water partition coefficient (Wildman–Crippen LogP) is 5.00. The molecule has 1 amide bonds. The molecule has 0 aliphatic heterocycles. The second kappa shape index (κ2) is 9.24. The molecule has 0 spiro atoms. The van der Waals surface area contributed by atoms with Crippen molar-refractivity contribution in [3.05, 3.63) is 26.6 Å². The van der Waals surface area contributed by atoms with Crippen molar-refractivity contribution in [1.82, 2.24) is 10.6 Å². The molecule has 7 heteroatoms. The highest BCUT2D eigenvalue weighted by molar-refractivity contribution is 9.11. The number of hydrogen-bond acceptors (Lipinski definition) is 4. The van der Waals surface area contributed by atoms with Gasteiger partial charge in [-0.15, -0.1) is 0 Å². The van der Waals surface area contributed by atoms with E-state index in [2.05, 4.69) is 42.5 Å². The summed E-state index contributed by atoms with van der Waals surface area (Å²) in [5.41, 5.74) is 0.323. The Kier molecular flexibility index (Phi) is 8.22. The molecule has 0 heterocycles. The lowest BCUT2D eigenvalue weighted by molar-refractivity contribution is 0.0513. The Bertz CT molecular complexity index is 575. The van der Waals surface area contributed by atoms with E-state index >= 15 is 0 Å². The molecule has 142 valence electrons. The van der Waals surface area contributed by atoms with E-state index in [1.165, 1.54) is 0 Å². The van der Waals surface area contributed by atoms with E-state index in [9.17, 15) is 4.79 Å². The second-order valence-corrected chi connectivity index (χ2v) is 9.12. The minimum absolute atomic E-state index is 0.283. The summed E-state index contributed by atoms with van der Waals surface area (Å²) in [4.78, 5) is 11.8. The largest absolute Gasteiger partial charge is 0.492 e. The first-order chi connectivity index (χ1) is 11.4. The molecule has 0 aliphatic rings. The summed E-state index contributed by atoms with van der Waals surface area (Å²) < 4.78 is 12.7. The number of nitrogens with one attached hydrogen (secondary N) is 2. The summed E-state index contributed by atoms with van der Waals surface area (Å²) in [6.45, 7) is 13.3. The molecular formula is C18H28Br2N2O3.